The lowest BCUT2D eigenvalue weighted by Crippen LogP contribution is -2.20. The number of para-hydroxylation sites is 1. The number of carbonyl (C=O) groups is 2. The summed E-state index contributed by atoms with van der Waals surface area (Å²) in [5.41, 5.74) is 3.36. The molecule has 4 aromatic rings. The van der Waals surface area contributed by atoms with E-state index in [0.717, 1.165) is 5.56 Å². The number of hydrogen-bond donors (Lipinski definition) is 3. The van der Waals surface area contributed by atoms with Crippen molar-refractivity contribution in [2.24, 2.45) is 0 Å². The van der Waals surface area contributed by atoms with Crippen molar-refractivity contribution in [1.29, 1.82) is 0 Å². The molecule has 0 saturated heterocycles. The van der Waals surface area contributed by atoms with Crippen molar-refractivity contribution in [3.05, 3.63) is 93.7 Å². The highest BCUT2D eigenvalue weighted by molar-refractivity contribution is 6.39. The van der Waals surface area contributed by atoms with E-state index >= 15 is 0 Å². The maximum Gasteiger partial charge on any atom is 0.323 e. The van der Waals surface area contributed by atoms with Crippen LogP contribution < -0.4 is 16.0 Å². The Bertz CT molecular complexity index is 1350. The fourth-order valence-electron chi connectivity index (χ4n) is 3.37. The van der Waals surface area contributed by atoms with Gasteiger partial charge in [0.1, 0.15) is 17.0 Å². The number of anilines is 3. The highest BCUT2D eigenvalue weighted by Gasteiger charge is 2.25. The summed E-state index contributed by atoms with van der Waals surface area (Å²) < 4.78 is 5.29. The van der Waals surface area contributed by atoms with Crippen LogP contribution >= 0.6 is 23.2 Å². The fourth-order valence-corrected chi connectivity index (χ4v) is 3.94. The van der Waals surface area contributed by atoms with Gasteiger partial charge >= 0.3 is 6.03 Å². The molecule has 0 unspecified atom stereocenters. The Kier molecular flexibility index (Phi) is 6.86. The molecule has 4 rings (SSSR count). The van der Waals surface area contributed by atoms with E-state index in [-0.39, 0.29) is 11.3 Å². The Morgan fingerprint density at radius 1 is 0.824 bits per heavy atom. The van der Waals surface area contributed by atoms with Crippen LogP contribution in [0.4, 0.5) is 21.9 Å². The van der Waals surface area contributed by atoms with Gasteiger partial charge in [-0.15, -0.1) is 0 Å². The van der Waals surface area contributed by atoms with Crippen LogP contribution in [0, 0.1) is 13.8 Å². The van der Waals surface area contributed by atoms with Gasteiger partial charge in [0, 0.05) is 22.6 Å². The molecule has 9 heteroatoms. The van der Waals surface area contributed by atoms with Gasteiger partial charge in [-0.3, -0.25) is 4.79 Å². The fraction of sp³-hybridized carbons (Fsp3) is 0.0800. The molecule has 172 valence electrons. The first-order valence-electron chi connectivity index (χ1n) is 10.3. The molecule has 0 saturated carbocycles. The number of rotatable bonds is 5. The molecule has 0 radical (unpaired) electrons. The topological polar surface area (TPSA) is 96.3 Å². The molecule has 3 aromatic carbocycles. The number of aryl methyl sites for hydroxylation is 2. The molecule has 0 aliphatic heterocycles. The van der Waals surface area contributed by atoms with Crippen LogP contribution in [0.3, 0.4) is 0 Å². The number of carbonyl (C=O) groups excluding carboxylic acids is 2. The molecule has 0 spiro atoms. The van der Waals surface area contributed by atoms with Gasteiger partial charge in [-0.25, -0.2) is 4.79 Å². The minimum Gasteiger partial charge on any atom is -0.360 e. The summed E-state index contributed by atoms with van der Waals surface area (Å²) in [6, 6.07) is 18.9. The summed E-state index contributed by atoms with van der Waals surface area (Å²) in [5.74, 6) is -0.128. The molecule has 0 aliphatic carbocycles. The second kappa shape index (κ2) is 9.99. The van der Waals surface area contributed by atoms with Gasteiger partial charge in [0.25, 0.3) is 5.91 Å². The van der Waals surface area contributed by atoms with Gasteiger partial charge in [0.15, 0.2) is 0 Å². The molecule has 3 N–H and O–H groups in total. The van der Waals surface area contributed by atoms with Crippen molar-refractivity contribution in [1.82, 2.24) is 5.16 Å². The van der Waals surface area contributed by atoms with E-state index in [4.69, 9.17) is 27.7 Å². The van der Waals surface area contributed by atoms with Gasteiger partial charge in [-0.1, -0.05) is 58.7 Å². The largest absolute Gasteiger partial charge is 0.360 e. The Hall–Kier alpha value is -3.81. The number of halogens is 2. The molecule has 0 bridgehead atoms. The van der Waals surface area contributed by atoms with Crippen molar-refractivity contribution >= 4 is 52.2 Å². The number of aromatic nitrogens is 1. The summed E-state index contributed by atoms with van der Waals surface area (Å²) >= 11 is 12.6. The van der Waals surface area contributed by atoms with E-state index < -0.39 is 11.9 Å². The van der Waals surface area contributed by atoms with E-state index in [0.29, 0.717) is 38.4 Å². The average Bonchev–Trinajstić information content (AvgIpc) is 3.17. The molecule has 0 aliphatic rings. The zero-order valence-electron chi connectivity index (χ0n) is 18.3. The molecule has 0 fully saturated rings. The molecular weight excluding hydrogens is 475 g/mol. The van der Waals surface area contributed by atoms with Gasteiger partial charge in [0.2, 0.25) is 0 Å². The maximum absolute atomic E-state index is 13.2. The third kappa shape index (κ3) is 5.06. The van der Waals surface area contributed by atoms with Crippen LogP contribution in [0.2, 0.25) is 10.0 Å². The van der Waals surface area contributed by atoms with Crippen LogP contribution in [0.5, 0.6) is 0 Å². The zero-order chi connectivity index (χ0) is 24.2. The lowest BCUT2D eigenvalue weighted by atomic mass is 10.0. The summed E-state index contributed by atoms with van der Waals surface area (Å²) in [6.45, 7) is 3.48. The van der Waals surface area contributed by atoms with E-state index in [2.05, 4.69) is 21.1 Å². The number of nitrogens with zero attached hydrogens (tertiary/aromatic N) is 1. The van der Waals surface area contributed by atoms with Crippen molar-refractivity contribution in [2.45, 2.75) is 13.8 Å². The number of benzene rings is 3. The van der Waals surface area contributed by atoms with Gasteiger partial charge in [-0.2, -0.15) is 0 Å². The van der Waals surface area contributed by atoms with Crippen LogP contribution in [-0.2, 0) is 0 Å². The molecule has 3 amide bonds. The first kappa shape index (κ1) is 23.4. The molecule has 7 nitrogen and oxygen atoms in total. The zero-order valence-corrected chi connectivity index (χ0v) is 19.8. The Labute approximate surface area is 206 Å². The summed E-state index contributed by atoms with van der Waals surface area (Å²) in [6.07, 6.45) is 0. The molecule has 34 heavy (non-hydrogen) atoms. The lowest BCUT2D eigenvalue weighted by Gasteiger charge is -2.13. The van der Waals surface area contributed by atoms with Gasteiger partial charge in [-0.05, 0) is 55.8 Å². The Balaban J connectivity index is 1.56. The predicted octanol–water partition coefficient (Wildman–Crippen LogP) is 7.16. The van der Waals surface area contributed by atoms with Gasteiger partial charge < -0.3 is 20.5 Å². The van der Waals surface area contributed by atoms with Crippen molar-refractivity contribution in [2.75, 3.05) is 16.0 Å². The molecule has 1 heterocycles. The number of amides is 3. The van der Waals surface area contributed by atoms with Crippen molar-refractivity contribution < 1.29 is 14.1 Å². The van der Waals surface area contributed by atoms with Crippen molar-refractivity contribution in [3.8, 4) is 11.3 Å². The van der Waals surface area contributed by atoms with Crippen LogP contribution in [0.15, 0.2) is 71.3 Å². The molecule has 1 aromatic heterocycles. The monoisotopic (exact) mass is 494 g/mol. The van der Waals surface area contributed by atoms with Crippen LogP contribution in [0.1, 0.15) is 21.7 Å². The van der Waals surface area contributed by atoms with E-state index in [9.17, 15) is 9.59 Å². The molecule has 0 atom stereocenters. The Morgan fingerprint density at radius 2 is 1.50 bits per heavy atom. The maximum atomic E-state index is 13.2. The van der Waals surface area contributed by atoms with Crippen LogP contribution in [-0.4, -0.2) is 17.1 Å². The minimum absolute atomic E-state index is 0.217. The quantitative estimate of drug-likeness (QED) is 0.274. The van der Waals surface area contributed by atoms with Crippen LogP contribution in [0.25, 0.3) is 11.3 Å². The third-order valence-electron chi connectivity index (χ3n) is 5.06. The number of hydrogen-bond acceptors (Lipinski definition) is 4. The van der Waals surface area contributed by atoms with E-state index in [1.807, 2.05) is 25.1 Å². The molecular formula is C25H20Cl2N4O3. The predicted molar refractivity (Wildman–Crippen MR) is 135 cm³/mol. The minimum atomic E-state index is -0.446. The highest BCUT2D eigenvalue weighted by Crippen LogP contribution is 2.37. The standard InChI is InChI=1S/C25H20Cl2N4O3/c1-14-11-12-17(29-25(33)28-16-7-4-3-5-8-16)13-20(14)30-24(32)21-15(2)34-31-23(21)22-18(26)9-6-10-19(22)27/h3-13H,1-2H3,(H,30,32)(H2,28,29,33). The summed E-state index contributed by atoms with van der Waals surface area (Å²) in [7, 11) is 0. The van der Waals surface area contributed by atoms with Crippen molar-refractivity contribution in [3.63, 3.8) is 0 Å². The number of urea groups is 1. The van der Waals surface area contributed by atoms with Gasteiger partial charge in [0.05, 0.1) is 10.0 Å². The second-order valence-electron chi connectivity index (χ2n) is 7.49. The third-order valence-corrected chi connectivity index (χ3v) is 5.69. The smallest absolute Gasteiger partial charge is 0.323 e. The highest BCUT2D eigenvalue weighted by atomic mass is 35.5. The summed E-state index contributed by atoms with van der Waals surface area (Å²) in [4.78, 5) is 25.6. The van der Waals surface area contributed by atoms with E-state index in [1.165, 1.54) is 0 Å². The SMILES string of the molecule is Cc1ccc(NC(=O)Nc2ccccc2)cc1NC(=O)c1c(-c2c(Cl)cccc2Cl)noc1C. The second-order valence-corrected chi connectivity index (χ2v) is 8.30. The first-order chi connectivity index (χ1) is 16.3. The number of nitrogens with one attached hydrogen (secondary N) is 3. The lowest BCUT2D eigenvalue weighted by molar-refractivity contribution is 0.102. The Morgan fingerprint density at radius 3 is 2.21 bits per heavy atom. The summed E-state index contributed by atoms with van der Waals surface area (Å²) in [5, 5.41) is 13.1. The normalized spacial score (nSPS) is 10.6. The van der Waals surface area contributed by atoms with E-state index in [1.54, 1.807) is 55.5 Å². The average molecular weight is 495 g/mol. The first-order valence-corrected chi connectivity index (χ1v) is 11.0.